The van der Waals surface area contributed by atoms with Gasteiger partial charge in [0.05, 0.1) is 0 Å². The van der Waals surface area contributed by atoms with Crippen molar-refractivity contribution in [2.45, 2.75) is 13.8 Å². The zero-order valence-corrected chi connectivity index (χ0v) is 15.3. The number of nitrogens with zero attached hydrogens (tertiary/aromatic N) is 2. The van der Waals surface area contributed by atoms with E-state index in [2.05, 4.69) is 25.8 Å². The number of carbonyl (C=O) groups excluding carboxylic acids is 2. The Kier molecular flexibility index (Phi) is 5.31. The average molecular weight is 361 g/mol. The van der Waals surface area contributed by atoms with E-state index >= 15 is 0 Å². The summed E-state index contributed by atoms with van der Waals surface area (Å²) >= 11 is 4.84. The molecule has 0 aromatic carbocycles. The van der Waals surface area contributed by atoms with Gasteiger partial charge in [-0.15, -0.1) is 0 Å². The number of rotatable bonds is 3. The molecule has 3 rings (SSSR count). The van der Waals surface area contributed by atoms with Gasteiger partial charge in [-0.1, -0.05) is 0 Å². The predicted octanol–water partition coefficient (Wildman–Crippen LogP) is -0.158. The molecule has 3 aliphatic rings. The molecule has 0 bridgehead atoms. The first-order chi connectivity index (χ1) is 12.0. The first kappa shape index (κ1) is 17.8. The van der Waals surface area contributed by atoms with Crippen molar-refractivity contribution < 1.29 is 9.59 Å². The summed E-state index contributed by atoms with van der Waals surface area (Å²) < 4.78 is 0. The van der Waals surface area contributed by atoms with Gasteiger partial charge in [0.15, 0.2) is 5.11 Å². The Balaban J connectivity index is 1.75. The van der Waals surface area contributed by atoms with Crippen LogP contribution in [0.2, 0.25) is 0 Å². The van der Waals surface area contributed by atoms with Gasteiger partial charge in [-0.2, -0.15) is 0 Å². The number of amides is 2. The number of piperazine rings is 1. The summed E-state index contributed by atoms with van der Waals surface area (Å²) in [6.45, 7) is 10.1. The average Bonchev–Trinajstić information content (AvgIpc) is 2.54. The van der Waals surface area contributed by atoms with E-state index in [0.717, 1.165) is 50.7 Å². The topological polar surface area (TPSA) is 76.7 Å². The van der Waals surface area contributed by atoms with Gasteiger partial charge in [0, 0.05) is 50.7 Å². The fourth-order valence-corrected chi connectivity index (χ4v) is 3.51. The van der Waals surface area contributed by atoms with Gasteiger partial charge in [0.25, 0.3) is 11.8 Å². The summed E-state index contributed by atoms with van der Waals surface area (Å²) in [6.07, 6.45) is 3.77. The third-order valence-electron chi connectivity index (χ3n) is 4.63. The van der Waals surface area contributed by atoms with Crippen LogP contribution in [0.1, 0.15) is 13.8 Å². The van der Waals surface area contributed by atoms with Gasteiger partial charge in [-0.25, -0.2) is 0 Å². The van der Waals surface area contributed by atoms with Crippen LogP contribution in [0.4, 0.5) is 0 Å². The zero-order chi connectivity index (χ0) is 18.0. The van der Waals surface area contributed by atoms with Crippen molar-refractivity contribution in [2.75, 3.05) is 39.3 Å². The predicted molar refractivity (Wildman–Crippen MR) is 99.4 cm³/mol. The van der Waals surface area contributed by atoms with Crippen molar-refractivity contribution in [3.63, 3.8) is 0 Å². The summed E-state index contributed by atoms with van der Waals surface area (Å²) in [5, 5.41) is 8.37. The van der Waals surface area contributed by atoms with Crippen LogP contribution in [0.5, 0.6) is 0 Å². The summed E-state index contributed by atoms with van der Waals surface area (Å²) in [4.78, 5) is 28.9. The molecule has 0 aromatic rings. The van der Waals surface area contributed by atoms with Crippen LogP contribution in [0.3, 0.4) is 0 Å². The molecule has 0 radical (unpaired) electrons. The highest BCUT2D eigenvalue weighted by Crippen LogP contribution is 2.25. The van der Waals surface area contributed by atoms with E-state index in [1.165, 1.54) is 0 Å². The van der Waals surface area contributed by atoms with Crippen LogP contribution in [-0.4, -0.2) is 66.0 Å². The summed E-state index contributed by atoms with van der Waals surface area (Å²) in [6, 6.07) is 0. The van der Waals surface area contributed by atoms with E-state index in [0.29, 0.717) is 5.57 Å². The first-order valence-electron chi connectivity index (χ1n) is 8.44. The van der Waals surface area contributed by atoms with E-state index < -0.39 is 11.8 Å². The zero-order valence-electron chi connectivity index (χ0n) is 14.5. The highest BCUT2D eigenvalue weighted by molar-refractivity contribution is 7.80. The third kappa shape index (κ3) is 3.97. The van der Waals surface area contributed by atoms with E-state index in [1.54, 1.807) is 0 Å². The number of thiocarbonyl (C=S) groups is 1. The number of nitrogens with one attached hydrogen (secondary N) is 3. The molecular formula is C17H23N5O2S. The molecule has 134 valence electrons. The minimum Gasteiger partial charge on any atom is -0.348 e. The van der Waals surface area contributed by atoms with Gasteiger partial charge in [0.2, 0.25) is 0 Å². The second-order valence-electron chi connectivity index (χ2n) is 6.38. The molecule has 0 spiro atoms. The van der Waals surface area contributed by atoms with Crippen LogP contribution in [0.25, 0.3) is 0 Å². The van der Waals surface area contributed by atoms with Crippen molar-refractivity contribution >= 4 is 29.1 Å². The molecule has 0 unspecified atom stereocenters. The Bertz CT molecular complexity index is 660. The van der Waals surface area contributed by atoms with Gasteiger partial charge >= 0.3 is 0 Å². The quantitative estimate of drug-likeness (QED) is 0.369. The smallest absolute Gasteiger partial charge is 0.263 e. The molecule has 3 heterocycles. The molecule has 3 N–H and O–H groups in total. The van der Waals surface area contributed by atoms with Crippen LogP contribution >= 0.6 is 12.2 Å². The molecule has 2 amide bonds. The maximum Gasteiger partial charge on any atom is 0.263 e. The monoisotopic (exact) mass is 361 g/mol. The molecule has 0 aliphatic carbocycles. The highest BCUT2D eigenvalue weighted by atomic mass is 32.1. The Morgan fingerprint density at radius 2 is 1.56 bits per heavy atom. The minimum absolute atomic E-state index is 0.0502. The summed E-state index contributed by atoms with van der Waals surface area (Å²) in [7, 11) is 0. The largest absolute Gasteiger partial charge is 0.348 e. The van der Waals surface area contributed by atoms with E-state index in [-0.39, 0.29) is 10.7 Å². The maximum atomic E-state index is 12.1. The number of hydrogen-bond acceptors (Lipinski definition) is 6. The lowest BCUT2D eigenvalue weighted by molar-refractivity contribution is -0.123. The Hall–Kier alpha value is -2.03. The third-order valence-corrected chi connectivity index (χ3v) is 4.83. The molecule has 0 atom stereocenters. The molecule has 2 fully saturated rings. The van der Waals surface area contributed by atoms with E-state index in [4.69, 9.17) is 12.2 Å². The molecule has 2 saturated heterocycles. The Morgan fingerprint density at radius 3 is 2.12 bits per heavy atom. The van der Waals surface area contributed by atoms with Crippen molar-refractivity contribution in [3.8, 4) is 0 Å². The van der Waals surface area contributed by atoms with Crippen LogP contribution in [-0.2, 0) is 9.59 Å². The van der Waals surface area contributed by atoms with Crippen LogP contribution in [0, 0.1) is 0 Å². The second kappa shape index (κ2) is 7.47. The molecule has 0 aromatic heterocycles. The molecule has 3 aliphatic heterocycles. The number of carbonyl (C=O) groups is 2. The fraction of sp³-hybridized carbons (Fsp3) is 0.471. The van der Waals surface area contributed by atoms with Crippen molar-refractivity contribution in [1.82, 2.24) is 25.8 Å². The first-order valence-corrected chi connectivity index (χ1v) is 8.84. The van der Waals surface area contributed by atoms with Crippen molar-refractivity contribution in [3.05, 3.63) is 34.7 Å². The van der Waals surface area contributed by atoms with Gasteiger partial charge < -0.3 is 10.2 Å². The molecule has 8 heteroatoms. The Morgan fingerprint density at radius 1 is 1.00 bits per heavy atom. The van der Waals surface area contributed by atoms with E-state index in [1.807, 2.05) is 26.0 Å². The van der Waals surface area contributed by atoms with Crippen LogP contribution in [0.15, 0.2) is 34.7 Å². The van der Waals surface area contributed by atoms with Gasteiger partial charge in [-0.05, 0) is 43.8 Å². The molecule has 7 nitrogen and oxygen atoms in total. The molecule has 0 saturated carbocycles. The van der Waals surface area contributed by atoms with Crippen LogP contribution < -0.4 is 16.0 Å². The lowest BCUT2D eigenvalue weighted by Gasteiger charge is -2.34. The summed E-state index contributed by atoms with van der Waals surface area (Å²) in [5.41, 5.74) is 2.76. The molecule has 25 heavy (non-hydrogen) atoms. The van der Waals surface area contributed by atoms with Gasteiger partial charge in [-0.3, -0.25) is 25.1 Å². The lowest BCUT2D eigenvalue weighted by Crippen LogP contribution is -2.51. The van der Waals surface area contributed by atoms with Crippen molar-refractivity contribution in [2.24, 2.45) is 0 Å². The fourth-order valence-electron chi connectivity index (χ4n) is 3.33. The summed E-state index contributed by atoms with van der Waals surface area (Å²) in [5.74, 6) is -0.905. The maximum absolute atomic E-state index is 12.1. The Labute approximate surface area is 152 Å². The normalized spacial score (nSPS) is 22.5. The van der Waals surface area contributed by atoms with Crippen molar-refractivity contribution in [1.29, 1.82) is 0 Å². The highest BCUT2D eigenvalue weighted by Gasteiger charge is 2.29. The number of hydrogen-bond donors (Lipinski definition) is 3. The van der Waals surface area contributed by atoms with Gasteiger partial charge in [0.1, 0.15) is 5.57 Å². The standard InChI is InChI=1S/C17H23N5O2S/c1-11-9-13(14-15(23)19-17(25)20-16(14)24)10-12(2)22(11)8-7-21-5-3-18-4-6-21/h9-10,18H,3-8H2,1-2H3,(H2,19,20,23,24,25). The lowest BCUT2D eigenvalue weighted by atomic mass is 10.00. The SMILES string of the molecule is CC1=CC(=C2C(=O)NC(=S)NC2=O)C=C(C)N1CCN1CCNCC1. The molecular weight excluding hydrogens is 338 g/mol. The minimum atomic E-state index is -0.453. The second-order valence-corrected chi connectivity index (χ2v) is 6.79. The van der Waals surface area contributed by atoms with E-state index in [9.17, 15) is 9.59 Å². The number of allylic oxidation sites excluding steroid dienone is 5.